The van der Waals surface area contributed by atoms with Gasteiger partial charge in [-0.3, -0.25) is 16.0 Å². The summed E-state index contributed by atoms with van der Waals surface area (Å²) < 4.78 is 2.00. The number of rotatable bonds is 6. The van der Waals surface area contributed by atoms with Gasteiger partial charge in [-0.2, -0.15) is 5.10 Å². The van der Waals surface area contributed by atoms with Gasteiger partial charge in [0.25, 0.3) is 0 Å². The minimum atomic E-state index is 0.274. The van der Waals surface area contributed by atoms with E-state index in [9.17, 15) is 0 Å². The molecule has 1 aromatic heterocycles. The molecule has 4 nitrogen and oxygen atoms in total. The number of hydrogen-bond donors (Lipinski definition) is 2. The van der Waals surface area contributed by atoms with E-state index in [0.717, 1.165) is 25.3 Å². The van der Waals surface area contributed by atoms with Gasteiger partial charge in [-0.05, 0) is 18.8 Å². The maximum absolute atomic E-state index is 5.63. The SMILES string of the molecule is CCCn1cc(C(CC2CCC2)NN)cn1. The predicted octanol–water partition coefficient (Wildman–Crippen LogP) is 1.99. The van der Waals surface area contributed by atoms with Crippen LogP contribution in [-0.4, -0.2) is 9.78 Å². The quantitative estimate of drug-likeness (QED) is 0.571. The van der Waals surface area contributed by atoms with Gasteiger partial charge in [-0.15, -0.1) is 0 Å². The predicted molar refractivity (Wildman–Crippen MR) is 64.5 cm³/mol. The van der Waals surface area contributed by atoms with Crippen molar-refractivity contribution in [2.75, 3.05) is 0 Å². The summed E-state index contributed by atoms with van der Waals surface area (Å²) in [4.78, 5) is 0. The van der Waals surface area contributed by atoms with Gasteiger partial charge < -0.3 is 0 Å². The maximum atomic E-state index is 5.63. The van der Waals surface area contributed by atoms with Crippen molar-refractivity contribution in [3.8, 4) is 0 Å². The number of hydrazine groups is 1. The molecule has 1 aliphatic rings. The highest BCUT2D eigenvalue weighted by Crippen LogP contribution is 2.34. The van der Waals surface area contributed by atoms with Gasteiger partial charge in [0.2, 0.25) is 0 Å². The van der Waals surface area contributed by atoms with E-state index in [1.54, 1.807) is 0 Å². The Morgan fingerprint density at radius 3 is 3.00 bits per heavy atom. The largest absolute Gasteiger partial charge is 0.272 e. The fourth-order valence-electron chi connectivity index (χ4n) is 2.27. The van der Waals surface area contributed by atoms with Crippen LogP contribution in [0.4, 0.5) is 0 Å². The maximum Gasteiger partial charge on any atom is 0.0538 e. The second-order valence-corrected chi connectivity index (χ2v) is 4.79. The molecular weight excluding hydrogens is 200 g/mol. The molecule has 1 atom stereocenters. The smallest absolute Gasteiger partial charge is 0.0538 e. The molecule has 0 saturated heterocycles. The van der Waals surface area contributed by atoms with Gasteiger partial charge >= 0.3 is 0 Å². The van der Waals surface area contributed by atoms with Crippen molar-refractivity contribution in [3.05, 3.63) is 18.0 Å². The number of hydrogen-bond acceptors (Lipinski definition) is 3. The Morgan fingerprint density at radius 1 is 1.62 bits per heavy atom. The molecule has 1 saturated carbocycles. The zero-order valence-corrected chi connectivity index (χ0v) is 10.0. The van der Waals surface area contributed by atoms with Crippen molar-refractivity contribution in [1.29, 1.82) is 0 Å². The highest BCUT2D eigenvalue weighted by molar-refractivity contribution is 5.10. The molecule has 90 valence electrons. The standard InChI is InChI=1S/C12H22N4/c1-2-6-16-9-11(8-14-16)12(15-13)7-10-4-3-5-10/h8-10,12,15H,2-7,13H2,1H3. The zero-order chi connectivity index (χ0) is 11.4. The van der Waals surface area contributed by atoms with E-state index in [0.29, 0.717) is 0 Å². The Bertz CT molecular complexity index is 317. The third-order valence-corrected chi connectivity index (χ3v) is 3.50. The van der Waals surface area contributed by atoms with Crippen molar-refractivity contribution in [2.24, 2.45) is 11.8 Å². The van der Waals surface area contributed by atoms with E-state index in [-0.39, 0.29) is 6.04 Å². The van der Waals surface area contributed by atoms with E-state index < -0.39 is 0 Å². The first-order valence-electron chi connectivity index (χ1n) is 6.32. The van der Waals surface area contributed by atoms with Crippen molar-refractivity contribution in [2.45, 2.75) is 51.6 Å². The molecule has 1 unspecified atom stereocenters. The van der Waals surface area contributed by atoms with E-state index in [1.165, 1.54) is 24.8 Å². The highest BCUT2D eigenvalue weighted by Gasteiger charge is 2.23. The molecule has 0 aliphatic heterocycles. The van der Waals surface area contributed by atoms with Crippen molar-refractivity contribution < 1.29 is 0 Å². The summed E-state index contributed by atoms with van der Waals surface area (Å²) in [6.45, 7) is 3.15. The van der Waals surface area contributed by atoms with Crippen LogP contribution in [0.5, 0.6) is 0 Å². The molecule has 3 N–H and O–H groups in total. The summed E-state index contributed by atoms with van der Waals surface area (Å²) in [5, 5.41) is 4.35. The van der Waals surface area contributed by atoms with Crippen molar-refractivity contribution in [1.82, 2.24) is 15.2 Å². The van der Waals surface area contributed by atoms with Crippen LogP contribution in [0.15, 0.2) is 12.4 Å². The second-order valence-electron chi connectivity index (χ2n) is 4.79. The van der Waals surface area contributed by atoms with E-state index in [4.69, 9.17) is 5.84 Å². The van der Waals surface area contributed by atoms with Crippen LogP contribution in [0.25, 0.3) is 0 Å². The van der Waals surface area contributed by atoms with Crippen LogP contribution in [-0.2, 0) is 6.54 Å². The molecule has 4 heteroatoms. The molecule has 0 amide bonds. The summed E-state index contributed by atoms with van der Waals surface area (Å²) >= 11 is 0. The molecule has 0 radical (unpaired) electrons. The second kappa shape index (κ2) is 5.46. The van der Waals surface area contributed by atoms with Crippen molar-refractivity contribution in [3.63, 3.8) is 0 Å². The molecule has 0 aromatic carbocycles. The van der Waals surface area contributed by atoms with Crippen LogP contribution >= 0.6 is 0 Å². The van der Waals surface area contributed by atoms with Gasteiger partial charge in [-0.1, -0.05) is 26.2 Å². The fraction of sp³-hybridized carbons (Fsp3) is 0.750. The average molecular weight is 222 g/mol. The third kappa shape index (κ3) is 2.62. The summed E-state index contributed by atoms with van der Waals surface area (Å²) in [5.74, 6) is 6.49. The molecule has 1 aromatic rings. The minimum Gasteiger partial charge on any atom is -0.272 e. The number of aromatic nitrogens is 2. The lowest BCUT2D eigenvalue weighted by atomic mass is 9.80. The summed E-state index contributed by atoms with van der Waals surface area (Å²) in [5.41, 5.74) is 4.14. The van der Waals surface area contributed by atoms with Crippen LogP contribution in [0.2, 0.25) is 0 Å². The Kier molecular flexibility index (Phi) is 3.96. The summed E-state index contributed by atoms with van der Waals surface area (Å²) in [7, 11) is 0. The van der Waals surface area contributed by atoms with E-state index in [1.807, 2.05) is 10.9 Å². The Morgan fingerprint density at radius 2 is 2.44 bits per heavy atom. The van der Waals surface area contributed by atoms with Gasteiger partial charge in [0.15, 0.2) is 0 Å². The Labute approximate surface area is 97.2 Å². The monoisotopic (exact) mass is 222 g/mol. The molecule has 1 aliphatic carbocycles. The normalized spacial score (nSPS) is 18.4. The highest BCUT2D eigenvalue weighted by atomic mass is 15.3. The van der Waals surface area contributed by atoms with Crippen LogP contribution in [0, 0.1) is 5.92 Å². The third-order valence-electron chi connectivity index (χ3n) is 3.50. The molecular formula is C12H22N4. The topological polar surface area (TPSA) is 55.9 Å². The minimum absolute atomic E-state index is 0.274. The van der Waals surface area contributed by atoms with Gasteiger partial charge in [0.05, 0.1) is 6.20 Å². The fourth-order valence-corrected chi connectivity index (χ4v) is 2.27. The summed E-state index contributed by atoms with van der Waals surface area (Å²) in [6, 6.07) is 0.274. The Balaban J connectivity index is 1.95. The lowest BCUT2D eigenvalue weighted by molar-refractivity contribution is 0.262. The molecule has 16 heavy (non-hydrogen) atoms. The lowest BCUT2D eigenvalue weighted by Crippen LogP contribution is -2.30. The zero-order valence-electron chi connectivity index (χ0n) is 10.0. The first-order valence-corrected chi connectivity index (χ1v) is 6.32. The van der Waals surface area contributed by atoms with Crippen molar-refractivity contribution >= 4 is 0 Å². The van der Waals surface area contributed by atoms with Gasteiger partial charge in [0.1, 0.15) is 0 Å². The molecule has 0 spiro atoms. The van der Waals surface area contributed by atoms with Gasteiger partial charge in [-0.25, -0.2) is 0 Å². The molecule has 1 fully saturated rings. The number of nitrogens with zero attached hydrogens (tertiary/aromatic N) is 2. The lowest BCUT2D eigenvalue weighted by Gasteiger charge is -2.28. The molecule has 1 heterocycles. The number of nitrogens with two attached hydrogens (primary N) is 1. The number of nitrogens with one attached hydrogen (secondary N) is 1. The van der Waals surface area contributed by atoms with E-state index in [2.05, 4.69) is 23.6 Å². The van der Waals surface area contributed by atoms with Crippen LogP contribution < -0.4 is 11.3 Å². The molecule has 2 rings (SSSR count). The first kappa shape index (κ1) is 11.6. The average Bonchev–Trinajstić information content (AvgIpc) is 2.66. The summed E-state index contributed by atoms with van der Waals surface area (Å²) in [6.07, 6.45) is 10.4. The van der Waals surface area contributed by atoms with Crippen LogP contribution in [0.3, 0.4) is 0 Å². The molecule has 0 bridgehead atoms. The number of aryl methyl sites for hydroxylation is 1. The van der Waals surface area contributed by atoms with Gasteiger partial charge in [0, 0.05) is 24.3 Å². The first-order chi connectivity index (χ1) is 7.83. The van der Waals surface area contributed by atoms with Crippen LogP contribution in [0.1, 0.15) is 50.6 Å². The van der Waals surface area contributed by atoms with E-state index >= 15 is 0 Å². The Hall–Kier alpha value is -0.870.